The molecule has 0 aliphatic carbocycles. The van der Waals surface area contributed by atoms with Crippen LogP contribution in [-0.4, -0.2) is 23.1 Å². The molecule has 1 atom stereocenters. The molecule has 0 aromatic carbocycles. The van der Waals surface area contributed by atoms with Gasteiger partial charge in [-0.25, -0.2) is 0 Å². The minimum atomic E-state index is -0.787. The van der Waals surface area contributed by atoms with Crippen molar-refractivity contribution in [2.45, 2.75) is 155 Å². The monoisotopic (exact) mass is 530 g/mol. The van der Waals surface area contributed by atoms with Crippen molar-refractivity contribution in [3.8, 4) is 0 Å². The molecular formula is C34H58O4. The molecule has 0 heterocycles. The van der Waals surface area contributed by atoms with Gasteiger partial charge in [0.1, 0.15) is 6.10 Å². The number of carboxylic acid groups (broad SMARTS) is 1. The molecule has 0 aromatic rings. The molecule has 1 N–H and O–H groups in total. The number of allylic oxidation sites excluding steroid dienone is 8. The van der Waals surface area contributed by atoms with Crippen molar-refractivity contribution in [1.29, 1.82) is 0 Å². The second-order valence-electron chi connectivity index (χ2n) is 10.3. The molecule has 0 radical (unpaired) electrons. The van der Waals surface area contributed by atoms with Gasteiger partial charge in [0.05, 0.1) is 0 Å². The molecule has 0 aliphatic heterocycles. The molecule has 0 fully saturated rings. The van der Waals surface area contributed by atoms with Crippen LogP contribution in [0.3, 0.4) is 0 Å². The second-order valence-corrected chi connectivity index (χ2v) is 10.3. The maximum Gasteiger partial charge on any atom is 0.306 e. The first-order valence-electron chi connectivity index (χ1n) is 15.6. The smallest absolute Gasteiger partial charge is 0.306 e. The van der Waals surface area contributed by atoms with Crippen molar-refractivity contribution in [2.75, 3.05) is 0 Å². The molecule has 0 amide bonds. The highest BCUT2D eigenvalue weighted by Gasteiger charge is 2.14. The molecule has 0 spiro atoms. The van der Waals surface area contributed by atoms with Crippen LogP contribution in [0.15, 0.2) is 48.6 Å². The predicted octanol–water partition coefficient (Wildman–Crippen LogP) is 10.4. The zero-order valence-electron chi connectivity index (χ0n) is 24.7. The van der Waals surface area contributed by atoms with E-state index in [2.05, 4.69) is 62.5 Å². The minimum absolute atomic E-state index is 0.136. The maximum atomic E-state index is 12.3. The Labute approximate surface area is 234 Å². The Bertz CT molecular complexity index is 659. The summed E-state index contributed by atoms with van der Waals surface area (Å²) in [5, 5.41) is 8.92. The number of carbonyl (C=O) groups is 2. The zero-order chi connectivity index (χ0) is 27.9. The number of unbranched alkanes of at least 4 members (excludes halogenated alkanes) is 10. The summed E-state index contributed by atoms with van der Waals surface area (Å²) >= 11 is 0. The number of ether oxygens (including phenoxy) is 1. The quantitative estimate of drug-likeness (QED) is 0.0651. The Kier molecular flexibility index (Phi) is 27.8. The highest BCUT2D eigenvalue weighted by Crippen LogP contribution is 2.17. The third-order valence-electron chi connectivity index (χ3n) is 6.55. The largest absolute Gasteiger partial charge is 0.481 e. The van der Waals surface area contributed by atoms with E-state index in [1.165, 1.54) is 57.8 Å². The van der Waals surface area contributed by atoms with E-state index in [-0.39, 0.29) is 18.5 Å². The third kappa shape index (κ3) is 28.5. The molecule has 4 heteroatoms. The van der Waals surface area contributed by atoms with Crippen LogP contribution in [0.5, 0.6) is 0 Å². The van der Waals surface area contributed by atoms with E-state index in [1.807, 2.05) is 0 Å². The standard InChI is InChI=1S/C34H58O4/c1-3-5-7-9-11-12-13-14-15-16-17-18-19-20-22-24-26-31-34(37)38-32(29-27-30-33(35)36)28-25-23-21-10-8-6-4-2/h11-12,14-15,17-18,20,22,32H,3-10,13,16,19,21,23-31H2,1-2H3,(H,35,36)/b12-11-,15-14-,18-17-,22-20-. The molecule has 0 saturated heterocycles. The fourth-order valence-electron chi connectivity index (χ4n) is 4.24. The molecule has 0 bridgehead atoms. The van der Waals surface area contributed by atoms with E-state index in [4.69, 9.17) is 9.84 Å². The number of hydrogen-bond acceptors (Lipinski definition) is 3. The van der Waals surface area contributed by atoms with Crippen molar-refractivity contribution >= 4 is 11.9 Å². The van der Waals surface area contributed by atoms with Gasteiger partial charge in [-0.15, -0.1) is 0 Å². The molecule has 0 rings (SSSR count). The minimum Gasteiger partial charge on any atom is -0.481 e. The van der Waals surface area contributed by atoms with Gasteiger partial charge in [-0.2, -0.15) is 0 Å². The number of carboxylic acids is 1. The molecule has 0 aliphatic rings. The highest BCUT2D eigenvalue weighted by molar-refractivity contribution is 5.69. The maximum absolute atomic E-state index is 12.3. The Morgan fingerprint density at radius 2 is 1.05 bits per heavy atom. The lowest BCUT2D eigenvalue weighted by Crippen LogP contribution is -2.18. The van der Waals surface area contributed by atoms with Crippen LogP contribution >= 0.6 is 0 Å². The summed E-state index contributed by atoms with van der Waals surface area (Å²) in [6.07, 6.45) is 38.3. The van der Waals surface area contributed by atoms with Crippen LogP contribution in [-0.2, 0) is 14.3 Å². The van der Waals surface area contributed by atoms with E-state index in [1.54, 1.807) is 0 Å². The van der Waals surface area contributed by atoms with E-state index in [0.717, 1.165) is 51.4 Å². The van der Waals surface area contributed by atoms with Gasteiger partial charge in [0.2, 0.25) is 0 Å². The molecule has 38 heavy (non-hydrogen) atoms. The average molecular weight is 531 g/mol. The van der Waals surface area contributed by atoms with Crippen molar-refractivity contribution < 1.29 is 19.4 Å². The van der Waals surface area contributed by atoms with Crippen LogP contribution in [0.1, 0.15) is 149 Å². The van der Waals surface area contributed by atoms with Gasteiger partial charge in [-0.1, -0.05) is 114 Å². The lowest BCUT2D eigenvalue weighted by Gasteiger charge is -2.17. The lowest BCUT2D eigenvalue weighted by atomic mass is 10.0. The average Bonchev–Trinajstić information content (AvgIpc) is 2.89. The Morgan fingerprint density at radius 1 is 0.579 bits per heavy atom. The zero-order valence-corrected chi connectivity index (χ0v) is 24.7. The van der Waals surface area contributed by atoms with Crippen LogP contribution < -0.4 is 0 Å². The Balaban J connectivity index is 3.97. The van der Waals surface area contributed by atoms with E-state index in [0.29, 0.717) is 19.3 Å². The van der Waals surface area contributed by atoms with Gasteiger partial charge < -0.3 is 9.84 Å². The van der Waals surface area contributed by atoms with Crippen molar-refractivity contribution in [3.63, 3.8) is 0 Å². The first-order valence-corrected chi connectivity index (χ1v) is 15.6. The molecule has 1 unspecified atom stereocenters. The van der Waals surface area contributed by atoms with Crippen molar-refractivity contribution in [1.82, 2.24) is 0 Å². The summed E-state index contributed by atoms with van der Waals surface area (Å²) in [7, 11) is 0. The number of rotatable bonds is 27. The molecule has 0 aromatic heterocycles. The molecule has 4 nitrogen and oxygen atoms in total. The summed E-state index contributed by atoms with van der Waals surface area (Å²) < 4.78 is 5.73. The van der Waals surface area contributed by atoms with Crippen LogP contribution in [0.4, 0.5) is 0 Å². The summed E-state index contributed by atoms with van der Waals surface area (Å²) in [6.45, 7) is 4.46. The lowest BCUT2D eigenvalue weighted by molar-refractivity contribution is -0.150. The fourth-order valence-corrected chi connectivity index (χ4v) is 4.24. The number of esters is 1. The predicted molar refractivity (Wildman–Crippen MR) is 162 cm³/mol. The van der Waals surface area contributed by atoms with Crippen molar-refractivity contribution in [2.24, 2.45) is 0 Å². The highest BCUT2D eigenvalue weighted by atomic mass is 16.5. The van der Waals surface area contributed by atoms with Gasteiger partial charge in [-0.05, 0) is 70.6 Å². The third-order valence-corrected chi connectivity index (χ3v) is 6.55. The first kappa shape index (κ1) is 35.9. The van der Waals surface area contributed by atoms with Gasteiger partial charge in [-0.3, -0.25) is 9.59 Å². The summed E-state index contributed by atoms with van der Waals surface area (Å²) in [6, 6.07) is 0. The topological polar surface area (TPSA) is 63.6 Å². The summed E-state index contributed by atoms with van der Waals surface area (Å²) in [4.78, 5) is 23.2. The van der Waals surface area contributed by atoms with Crippen LogP contribution in [0.2, 0.25) is 0 Å². The normalized spacial score (nSPS) is 12.9. The van der Waals surface area contributed by atoms with E-state index in [9.17, 15) is 9.59 Å². The van der Waals surface area contributed by atoms with E-state index < -0.39 is 5.97 Å². The second kappa shape index (κ2) is 29.5. The Hall–Kier alpha value is -2.10. The number of hydrogen-bond donors (Lipinski definition) is 1. The summed E-state index contributed by atoms with van der Waals surface area (Å²) in [5.41, 5.74) is 0. The SMILES string of the molecule is CCCCC/C=C\C/C=C\C/C=C\C/C=C\CCCC(=O)OC(CCCCCCCCC)CCCC(=O)O. The van der Waals surface area contributed by atoms with Gasteiger partial charge in [0.15, 0.2) is 0 Å². The molecule has 0 saturated carbocycles. The first-order chi connectivity index (χ1) is 18.6. The fraction of sp³-hybridized carbons (Fsp3) is 0.706. The van der Waals surface area contributed by atoms with Gasteiger partial charge in [0, 0.05) is 12.8 Å². The van der Waals surface area contributed by atoms with Crippen LogP contribution in [0.25, 0.3) is 0 Å². The number of carbonyl (C=O) groups excluding carboxylic acids is 1. The van der Waals surface area contributed by atoms with Crippen molar-refractivity contribution in [3.05, 3.63) is 48.6 Å². The molecular weight excluding hydrogens is 472 g/mol. The summed E-state index contributed by atoms with van der Waals surface area (Å²) in [5.74, 6) is -0.936. The Morgan fingerprint density at radius 3 is 1.63 bits per heavy atom. The van der Waals surface area contributed by atoms with E-state index >= 15 is 0 Å². The molecule has 218 valence electrons. The van der Waals surface area contributed by atoms with Gasteiger partial charge in [0.25, 0.3) is 0 Å². The van der Waals surface area contributed by atoms with Gasteiger partial charge >= 0.3 is 11.9 Å². The van der Waals surface area contributed by atoms with Crippen LogP contribution in [0, 0.1) is 0 Å². The number of aliphatic carboxylic acids is 1.